The Kier molecular flexibility index (Phi) is 7.19. The predicted molar refractivity (Wildman–Crippen MR) is 91.4 cm³/mol. The van der Waals surface area contributed by atoms with E-state index in [4.69, 9.17) is 0 Å². The van der Waals surface area contributed by atoms with Gasteiger partial charge >= 0.3 is 0 Å². The van der Waals surface area contributed by atoms with E-state index in [1.54, 1.807) is 0 Å². The van der Waals surface area contributed by atoms with Gasteiger partial charge in [-0.3, -0.25) is 0 Å². The third-order valence-electron chi connectivity index (χ3n) is 5.62. The molecule has 0 aliphatic carbocycles. The van der Waals surface area contributed by atoms with Crippen molar-refractivity contribution in [2.45, 2.75) is 69.2 Å². The second-order valence-electron chi connectivity index (χ2n) is 6.25. The van der Waals surface area contributed by atoms with E-state index >= 15 is 0 Å². The molecule has 1 radical (unpaired) electrons. The molecule has 0 aliphatic rings. The summed E-state index contributed by atoms with van der Waals surface area (Å²) in [6.45, 7) is 22.0. The van der Waals surface area contributed by atoms with Crippen LogP contribution in [0.25, 0.3) is 0 Å². The molecule has 0 nitrogen and oxygen atoms in total. The van der Waals surface area contributed by atoms with Gasteiger partial charge in [-0.1, -0.05) is 34.6 Å². The zero-order valence-corrected chi connectivity index (χ0v) is 16.6. The fourth-order valence-corrected chi connectivity index (χ4v) is 2.81. The maximum absolute atomic E-state index is 2.20. The smallest absolute Gasteiger partial charge is 0 e. The minimum absolute atomic E-state index is 0. The summed E-state index contributed by atoms with van der Waals surface area (Å²) < 4.78 is 0. The van der Waals surface area contributed by atoms with E-state index in [9.17, 15) is 0 Å². The fraction of sp³-hybridized carbons (Fsp3) is 0.500. The Bertz CT molecular complexity index is 404. The van der Waals surface area contributed by atoms with Gasteiger partial charge < -0.3 is 27.8 Å². The van der Waals surface area contributed by atoms with Crippen molar-refractivity contribution in [1.82, 2.24) is 0 Å². The van der Waals surface area contributed by atoms with Crippen LogP contribution >= 0.6 is 0 Å². The Morgan fingerprint density at radius 2 is 0.667 bits per heavy atom. The van der Waals surface area contributed by atoms with Crippen LogP contribution in [0.1, 0.15) is 55.6 Å². The Hall–Kier alpha value is -0.781. The standard InChI is InChI=1S/2C10H15.Mn/c2*1-6-7(2)9(4)10(5)8(6)3;/h2*1-5H3;/q-5;-1;. The third kappa shape index (κ3) is 3.70. The maximum atomic E-state index is 2.20. The second-order valence-corrected chi connectivity index (χ2v) is 6.25. The summed E-state index contributed by atoms with van der Waals surface area (Å²) in [5.41, 5.74) is 14.7. The fourth-order valence-electron chi connectivity index (χ4n) is 2.81. The first kappa shape index (κ1) is 20.2. The van der Waals surface area contributed by atoms with E-state index in [1.165, 1.54) is 55.6 Å². The molecule has 0 aromatic heterocycles. The van der Waals surface area contributed by atoms with Gasteiger partial charge in [0.1, 0.15) is 0 Å². The summed E-state index contributed by atoms with van der Waals surface area (Å²) >= 11 is 0. The monoisotopic (exact) mass is 325 g/mol. The molecule has 2 aromatic carbocycles. The van der Waals surface area contributed by atoms with E-state index in [2.05, 4.69) is 69.2 Å². The molecule has 0 atom stereocenters. The van der Waals surface area contributed by atoms with Gasteiger partial charge in [-0.2, -0.15) is 27.8 Å². The molecule has 0 amide bonds. The molecule has 2 rings (SSSR count). The third-order valence-corrected chi connectivity index (χ3v) is 5.62. The van der Waals surface area contributed by atoms with E-state index in [0.29, 0.717) is 0 Å². The first-order valence-electron chi connectivity index (χ1n) is 7.50. The Labute approximate surface area is 142 Å². The van der Waals surface area contributed by atoms with Crippen molar-refractivity contribution >= 4 is 0 Å². The Balaban J connectivity index is 0.000000364. The molecule has 0 saturated heterocycles. The largest absolute Gasteiger partial charge is 0.731 e. The van der Waals surface area contributed by atoms with Crippen LogP contribution in [0.3, 0.4) is 0 Å². The summed E-state index contributed by atoms with van der Waals surface area (Å²) in [6.07, 6.45) is 0. The summed E-state index contributed by atoms with van der Waals surface area (Å²) in [4.78, 5) is 0. The second kappa shape index (κ2) is 7.47. The number of rotatable bonds is 0. The Morgan fingerprint density at radius 3 is 0.762 bits per heavy atom. The minimum Gasteiger partial charge on any atom is -0.731 e. The quantitative estimate of drug-likeness (QED) is 0.418. The van der Waals surface area contributed by atoms with E-state index in [-0.39, 0.29) is 17.1 Å². The zero-order valence-electron chi connectivity index (χ0n) is 15.4. The van der Waals surface area contributed by atoms with Crippen LogP contribution < -0.4 is 0 Å². The average molecular weight is 325 g/mol. The van der Waals surface area contributed by atoms with Gasteiger partial charge in [0.2, 0.25) is 0 Å². The first-order chi connectivity index (χ1) is 9.11. The van der Waals surface area contributed by atoms with Gasteiger partial charge in [0.25, 0.3) is 0 Å². The van der Waals surface area contributed by atoms with Crippen LogP contribution in [0.15, 0.2) is 0 Å². The molecule has 0 unspecified atom stereocenters. The number of hydrogen-bond donors (Lipinski definition) is 0. The molecule has 0 N–H and O–H groups in total. The molecule has 123 valence electrons. The van der Waals surface area contributed by atoms with Gasteiger partial charge in [0, 0.05) is 17.1 Å². The molecule has 0 bridgehead atoms. The normalized spacial score (nSPS) is 10.0. The molecule has 0 aliphatic heterocycles. The van der Waals surface area contributed by atoms with Crippen molar-refractivity contribution in [2.75, 3.05) is 0 Å². The van der Waals surface area contributed by atoms with Crippen molar-refractivity contribution in [3.05, 3.63) is 55.6 Å². The van der Waals surface area contributed by atoms with Gasteiger partial charge in [-0.25, -0.2) is 34.6 Å². The van der Waals surface area contributed by atoms with Crippen LogP contribution in [0.2, 0.25) is 0 Å². The van der Waals surface area contributed by atoms with Gasteiger partial charge in [0.05, 0.1) is 0 Å². The van der Waals surface area contributed by atoms with Crippen molar-refractivity contribution < 1.29 is 17.1 Å². The Morgan fingerprint density at radius 1 is 0.476 bits per heavy atom. The molecular weight excluding hydrogens is 295 g/mol. The van der Waals surface area contributed by atoms with Crippen LogP contribution in [0, 0.1) is 69.2 Å². The molecular formula is C20H30Mn-6. The molecule has 0 heterocycles. The van der Waals surface area contributed by atoms with Gasteiger partial charge in [-0.05, 0) is 0 Å². The van der Waals surface area contributed by atoms with Gasteiger partial charge in [-0.15, -0.1) is 0 Å². The van der Waals surface area contributed by atoms with Crippen molar-refractivity contribution in [2.24, 2.45) is 0 Å². The molecule has 2 aromatic rings. The predicted octanol–water partition coefficient (Wildman–Crippen LogP) is 5.89. The molecule has 0 spiro atoms. The summed E-state index contributed by atoms with van der Waals surface area (Å²) in [7, 11) is 0. The van der Waals surface area contributed by atoms with E-state index in [1.807, 2.05) is 0 Å². The molecule has 0 fully saturated rings. The molecule has 21 heavy (non-hydrogen) atoms. The van der Waals surface area contributed by atoms with Crippen LogP contribution in [0.4, 0.5) is 0 Å². The number of hydrogen-bond acceptors (Lipinski definition) is 0. The SMILES string of the molecule is C[c-]1[c-](C)[c-](C)[c-](C)[c-]1C.Cc1c(C)c(C)[c-](C)c1C.[Mn]. The van der Waals surface area contributed by atoms with E-state index in [0.717, 1.165) is 0 Å². The van der Waals surface area contributed by atoms with Crippen molar-refractivity contribution in [3.8, 4) is 0 Å². The van der Waals surface area contributed by atoms with Crippen molar-refractivity contribution in [3.63, 3.8) is 0 Å². The van der Waals surface area contributed by atoms with Crippen molar-refractivity contribution in [1.29, 1.82) is 0 Å². The van der Waals surface area contributed by atoms with E-state index < -0.39 is 0 Å². The molecule has 0 saturated carbocycles. The minimum atomic E-state index is 0. The van der Waals surface area contributed by atoms with Crippen LogP contribution in [-0.4, -0.2) is 0 Å². The summed E-state index contributed by atoms with van der Waals surface area (Å²) in [5, 5.41) is 0. The first-order valence-corrected chi connectivity index (χ1v) is 7.50. The average Bonchev–Trinajstić information content (AvgIpc) is 2.71. The van der Waals surface area contributed by atoms with Gasteiger partial charge in [0.15, 0.2) is 0 Å². The van der Waals surface area contributed by atoms with Crippen LogP contribution in [-0.2, 0) is 17.1 Å². The summed E-state index contributed by atoms with van der Waals surface area (Å²) in [5.74, 6) is 0. The van der Waals surface area contributed by atoms with Crippen LogP contribution in [0.5, 0.6) is 0 Å². The maximum Gasteiger partial charge on any atom is 0 e. The topological polar surface area (TPSA) is 0 Å². The zero-order chi connectivity index (χ0) is 15.8. The molecule has 1 heteroatoms. The summed E-state index contributed by atoms with van der Waals surface area (Å²) in [6, 6.07) is 0.